The third kappa shape index (κ3) is 2.54. The van der Waals surface area contributed by atoms with Gasteiger partial charge >= 0.3 is 0 Å². The molecule has 116 valence electrons. The largest absolute Gasteiger partial charge is 0.486 e. The highest BCUT2D eigenvalue weighted by Crippen LogP contribution is 2.31. The van der Waals surface area contributed by atoms with Crippen LogP contribution in [0.4, 0.5) is 0 Å². The van der Waals surface area contributed by atoms with Gasteiger partial charge in [-0.3, -0.25) is 4.90 Å². The summed E-state index contributed by atoms with van der Waals surface area (Å²) in [6.07, 6.45) is 2.24. The van der Waals surface area contributed by atoms with E-state index in [1.165, 1.54) is 12.0 Å². The van der Waals surface area contributed by atoms with Gasteiger partial charge in [-0.15, -0.1) is 10.2 Å². The molecule has 0 amide bonds. The molecule has 1 aromatic heterocycles. The molecular weight excluding hydrogens is 280 g/mol. The fourth-order valence-corrected chi connectivity index (χ4v) is 3.12. The summed E-state index contributed by atoms with van der Waals surface area (Å²) in [4.78, 5) is 2.25. The normalized spacial score (nSPS) is 16.1. The predicted octanol–water partition coefficient (Wildman–Crippen LogP) is 1.63. The Morgan fingerprint density at radius 1 is 1.14 bits per heavy atom. The van der Waals surface area contributed by atoms with E-state index in [2.05, 4.69) is 38.8 Å². The van der Waals surface area contributed by atoms with Crippen LogP contribution in [0.1, 0.15) is 23.6 Å². The number of fused-ring (bicyclic) bond motifs is 2. The molecule has 0 saturated heterocycles. The highest BCUT2D eigenvalue weighted by atomic mass is 16.6. The van der Waals surface area contributed by atoms with Crippen LogP contribution in [-0.2, 0) is 26.1 Å². The van der Waals surface area contributed by atoms with Crippen LogP contribution in [0, 0.1) is 0 Å². The SMILES string of the molecule is CN(Cc1ccc2c(c1)OCCO2)Cc1nnc2n1CCC2. The fourth-order valence-electron chi connectivity index (χ4n) is 3.12. The minimum absolute atomic E-state index is 0.623. The molecule has 0 N–H and O–H groups in total. The minimum atomic E-state index is 0.623. The lowest BCUT2D eigenvalue weighted by molar-refractivity contribution is 0.171. The molecule has 0 spiro atoms. The molecule has 1 aromatic carbocycles. The third-order valence-corrected chi connectivity index (χ3v) is 4.16. The maximum Gasteiger partial charge on any atom is 0.161 e. The zero-order valence-corrected chi connectivity index (χ0v) is 12.8. The van der Waals surface area contributed by atoms with Gasteiger partial charge in [0.15, 0.2) is 11.5 Å². The number of nitrogens with zero attached hydrogens (tertiary/aromatic N) is 4. The molecule has 0 saturated carbocycles. The van der Waals surface area contributed by atoms with Crippen LogP contribution in [0.25, 0.3) is 0 Å². The molecule has 2 aliphatic rings. The Bertz CT molecular complexity index is 683. The third-order valence-electron chi connectivity index (χ3n) is 4.16. The van der Waals surface area contributed by atoms with E-state index < -0.39 is 0 Å². The number of hydrogen-bond donors (Lipinski definition) is 0. The quantitative estimate of drug-likeness (QED) is 0.859. The lowest BCUT2D eigenvalue weighted by atomic mass is 10.2. The van der Waals surface area contributed by atoms with Crippen LogP contribution >= 0.6 is 0 Å². The monoisotopic (exact) mass is 300 g/mol. The smallest absolute Gasteiger partial charge is 0.161 e. The topological polar surface area (TPSA) is 52.4 Å². The van der Waals surface area contributed by atoms with Crippen molar-refractivity contribution in [1.82, 2.24) is 19.7 Å². The van der Waals surface area contributed by atoms with Gasteiger partial charge in [0.05, 0.1) is 6.54 Å². The molecule has 0 aliphatic carbocycles. The van der Waals surface area contributed by atoms with E-state index in [1.807, 2.05) is 6.07 Å². The zero-order chi connectivity index (χ0) is 14.9. The van der Waals surface area contributed by atoms with Crippen molar-refractivity contribution in [2.24, 2.45) is 0 Å². The maximum atomic E-state index is 5.64. The van der Waals surface area contributed by atoms with Crippen molar-refractivity contribution in [2.45, 2.75) is 32.5 Å². The van der Waals surface area contributed by atoms with Crippen molar-refractivity contribution in [3.63, 3.8) is 0 Å². The van der Waals surface area contributed by atoms with Crippen molar-refractivity contribution in [3.8, 4) is 11.5 Å². The standard InChI is InChI=1S/C16H20N4O2/c1-19(11-16-18-17-15-3-2-6-20(15)16)10-12-4-5-13-14(9-12)22-8-7-21-13/h4-5,9H,2-3,6-8,10-11H2,1H3. The Hall–Kier alpha value is -2.08. The second kappa shape index (κ2) is 5.61. The van der Waals surface area contributed by atoms with Crippen LogP contribution in [0.15, 0.2) is 18.2 Å². The molecule has 0 bridgehead atoms. The van der Waals surface area contributed by atoms with Crippen molar-refractivity contribution < 1.29 is 9.47 Å². The van der Waals surface area contributed by atoms with Crippen LogP contribution in [0.3, 0.4) is 0 Å². The molecule has 2 aromatic rings. The van der Waals surface area contributed by atoms with Gasteiger partial charge in [-0.05, 0) is 31.2 Å². The summed E-state index contributed by atoms with van der Waals surface area (Å²) in [7, 11) is 2.10. The summed E-state index contributed by atoms with van der Waals surface area (Å²) in [5, 5.41) is 8.58. The fraction of sp³-hybridized carbons (Fsp3) is 0.500. The van der Waals surface area contributed by atoms with Gasteiger partial charge < -0.3 is 14.0 Å². The summed E-state index contributed by atoms with van der Waals surface area (Å²) >= 11 is 0. The number of hydrogen-bond acceptors (Lipinski definition) is 5. The van der Waals surface area contributed by atoms with Crippen molar-refractivity contribution in [1.29, 1.82) is 0 Å². The lowest BCUT2D eigenvalue weighted by Gasteiger charge is -2.21. The van der Waals surface area contributed by atoms with Gasteiger partial charge in [-0.2, -0.15) is 0 Å². The van der Waals surface area contributed by atoms with Crippen LogP contribution < -0.4 is 9.47 Å². The Balaban J connectivity index is 1.44. The lowest BCUT2D eigenvalue weighted by Crippen LogP contribution is -2.20. The highest BCUT2D eigenvalue weighted by Gasteiger charge is 2.18. The number of ether oxygens (including phenoxy) is 2. The summed E-state index contributed by atoms with van der Waals surface area (Å²) in [5.74, 6) is 3.88. The van der Waals surface area contributed by atoms with Gasteiger partial charge in [0.2, 0.25) is 0 Å². The number of aromatic nitrogens is 3. The molecule has 3 heterocycles. The molecule has 0 atom stereocenters. The van der Waals surface area contributed by atoms with Crippen LogP contribution in [0.2, 0.25) is 0 Å². The van der Waals surface area contributed by atoms with Gasteiger partial charge in [0.25, 0.3) is 0 Å². The molecule has 0 unspecified atom stereocenters. The molecule has 0 radical (unpaired) electrons. The number of aryl methyl sites for hydroxylation is 1. The molecule has 0 fully saturated rings. The second-order valence-electron chi connectivity index (χ2n) is 5.94. The second-order valence-corrected chi connectivity index (χ2v) is 5.94. The zero-order valence-electron chi connectivity index (χ0n) is 12.8. The Labute approximate surface area is 129 Å². The van der Waals surface area contributed by atoms with E-state index in [4.69, 9.17) is 9.47 Å². The van der Waals surface area contributed by atoms with Gasteiger partial charge in [-0.1, -0.05) is 6.07 Å². The molecule has 22 heavy (non-hydrogen) atoms. The average Bonchev–Trinajstić information content (AvgIpc) is 3.12. The molecule has 2 aliphatic heterocycles. The number of rotatable bonds is 4. The highest BCUT2D eigenvalue weighted by molar-refractivity contribution is 5.43. The Morgan fingerprint density at radius 2 is 2.00 bits per heavy atom. The van der Waals surface area contributed by atoms with Crippen LogP contribution in [-0.4, -0.2) is 39.9 Å². The van der Waals surface area contributed by atoms with Crippen molar-refractivity contribution in [2.75, 3.05) is 20.3 Å². The van der Waals surface area contributed by atoms with Gasteiger partial charge in [0.1, 0.15) is 24.9 Å². The van der Waals surface area contributed by atoms with Gasteiger partial charge in [0, 0.05) is 19.5 Å². The summed E-state index contributed by atoms with van der Waals surface area (Å²) in [6.45, 7) is 3.96. The van der Waals surface area contributed by atoms with Crippen molar-refractivity contribution in [3.05, 3.63) is 35.4 Å². The van der Waals surface area contributed by atoms with E-state index in [-0.39, 0.29) is 0 Å². The first-order valence-corrected chi connectivity index (χ1v) is 7.77. The van der Waals surface area contributed by atoms with Gasteiger partial charge in [-0.25, -0.2) is 0 Å². The summed E-state index contributed by atoms with van der Waals surface area (Å²) < 4.78 is 13.5. The molecule has 4 rings (SSSR count). The molecule has 6 nitrogen and oxygen atoms in total. The van der Waals surface area contributed by atoms with Crippen LogP contribution in [0.5, 0.6) is 11.5 Å². The first-order valence-electron chi connectivity index (χ1n) is 7.77. The van der Waals surface area contributed by atoms with Crippen molar-refractivity contribution >= 4 is 0 Å². The van der Waals surface area contributed by atoms with E-state index in [1.54, 1.807) is 0 Å². The van der Waals surface area contributed by atoms with E-state index in [0.29, 0.717) is 13.2 Å². The average molecular weight is 300 g/mol. The Kier molecular flexibility index (Phi) is 3.46. The first-order chi connectivity index (χ1) is 10.8. The Morgan fingerprint density at radius 3 is 2.91 bits per heavy atom. The number of benzene rings is 1. The minimum Gasteiger partial charge on any atom is -0.486 e. The predicted molar refractivity (Wildman–Crippen MR) is 80.9 cm³/mol. The van der Waals surface area contributed by atoms with E-state index >= 15 is 0 Å². The molecule has 6 heteroatoms. The maximum absolute atomic E-state index is 5.64. The van der Waals surface area contributed by atoms with E-state index in [0.717, 1.165) is 49.2 Å². The first kappa shape index (κ1) is 13.6. The molecular formula is C16H20N4O2. The van der Waals surface area contributed by atoms with E-state index in [9.17, 15) is 0 Å². The summed E-state index contributed by atoms with van der Waals surface area (Å²) in [6, 6.07) is 6.16. The summed E-state index contributed by atoms with van der Waals surface area (Å²) in [5.41, 5.74) is 1.22.